The first-order valence-corrected chi connectivity index (χ1v) is 15.0. The zero-order valence-electron chi connectivity index (χ0n) is 26.0. The minimum Gasteiger partial charge on any atom is -0.507 e. The first kappa shape index (κ1) is 30.5. The number of para-hydroxylation sites is 2. The first-order valence-electron chi connectivity index (χ1n) is 15.0. The number of pyridine rings is 1. The molecule has 5 aromatic carbocycles. The molecule has 0 radical (unpaired) electrons. The maximum Gasteiger partial charge on any atom is 0.148 e. The fourth-order valence-electron chi connectivity index (χ4n) is 6.09. The monoisotopic (exact) mass is 767 g/mol. The summed E-state index contributed by atoms with van der Waals surface area (Å²) in [6, 6.07) is 38.6. The fraction of sp³-hybridized carbons (Fsp3) is 0.150. The SMILES string of the molecule is Cc1cc2cccnc2c(-c2[c-]c(-c3cccc4c3nc(-c3ccccc3O)n4-c3ccc(C(C)(C)C)cc3)ccc2)c1C.[Pt]. The number of aromatic nitrogens is 3. The van der Waals surface area contributed by atoms with E-state index in [2.05, 4.69) is 118 Å². The Bertz CT molecular complexity index is 2190. The summed E-state index contributed by atoms with van der Waals surface area (Å²) in [4.78, 5) is 9.99. The van der Waals surface area contributed by atoms with Gasteiger partial charge in [0.2, 0.25) is 0 Å². The fourth-order valence-corrected chi connectivity index (χ4v) is 6.09. The molecular formula is C40H34N3OPt-. The predicted molar refractivity (Wildman–Crippen MR) is 181 cm³/mol. The molecule has 0 bridgehead atoms. The Morgan fingerprint density at radius 2 is 1.44 bits per heavy atom. The van der Waals surface area contributed by atoms with Gasteiger partial charge in [0.15, 0.2) is 0 Å². The Morgan fingerprint density at radius 3 is 2.20 bits per heavy atom. The molecule has 45 heavy (non-hydrogen) atoms. The van der Waals surface area contributed by atoms with Crippen molar-refractivity contribution in [2.75, 3.05) is 0 Å². The van der Waals surface area contributed by atoms with Gasteiger partial charge in [-0.25, -0.2) is 4.98 Å². The van der Waals surface area contributed by atoms with Crippen molar-refractivity contribution in [3.8, 4) is 45.1 Å². The van der Waals surface area contributed by atoms with Crippen LogP contribution in [0.3, 0.4) is 0 Å². The number of aryl methyl sites for hydroxylation is 1. The molecule has 0 saturated carbocycles. The zero-order chi connectivity index (χ0) is 30.6. The van der Waals surface area contributed by atoms with Crippen molar-refractivity contribution >= 4 is 21.9 Å². The van der Waals surface area contributed by atoms with Crippen LogP contribution in [0, 0.1) is 19.9 Å². The molecule has 0 aliphatic rings. The van der Waals surface area contributed by atoms with Crippen molar-refractivity contribution in [1.82, 2.24) is 14.5 Å². The molecule has 0 spiro atoms. The molecule has 0 atom stereocenters. The largest absolute Gasteiger partial charge is 0.507 e. The molecule has 226 valence electrons. The Hall–Kier alpha value is -4.53. The number of phenols is 1. The molecule has 7 rings (SSSR count). The van der Waals surface area contributed by atoms with Crippen LogP contribution in [-0.4, -0.2) is 19.6 Å². The second kappa shape index (κ2) is 11.8. The summed E-state index contributed by atoms with van der Waals surface area (Å²) >= 11 is 0. The van der Waals surface area contributed by atoms with Crippen molar-refractivity contribution in [3.63, 3.8) is 0 Å². The van der Waals surface area contributed by atoms with Crippen molar-refractivity contribution in [2.45, 2.75) is 40.0 Å². The van der Waals surface area contributed by atoms with Gasteiger partial charge in [0.1, 0.15) is 11.6 Å². The quantitative estimate of drug-likeness (QED) is 0.182. The van der Waals surface area contributed by atoms with E-state index in [0.717, 1.165) is 49.9 Å². The van der Waals surface area contributed by atoms with Gasteiger partial charge in [0, 0.05) is 38.5 Å². The minimum atomic E-state index is 0. The minimum absolute atomic E-state index is 0. The molecule has 0 amide bonds. The molecule has 5 heteroatoms. The topological polar surface area (TPSA) is 50.9 Å². The number of benzene rings is 5. The molecule has 0 unspecified atom stereocenters. The number of hydrogen-bond acceptors (Lipinski definition) is 3. The van der Waals surface area contributed by atoms with Crippen molar-refractivity contribution < 1.29 is 26.2 Å². The average Bonchev–Trinajstić information content (AvgIpc) is 3.41. The average molecular weight is 768 g/mol. The van der Waals surface area contributed by atoms with E-state index in [1.54, 1.807) is 6.07 Å². The van der Waals surface area contributed by atoms with Crippen LogP contribution in [0.4, 0.5) is 0 Å². The van der Waals surface area contributed by atoms with Crippen LogP contribution in [0.2, 0.25) is 0 Å². The number of imidazole rings is 1. The van der Waals surface area contributed by atoms with Crippen molar-refractivity contribution in [3.05, 3.63) is 132 Å². The van der Waals surface area contributed by atoms with Crippen LogP contribution >= 0.6 is 0 Å². The first-order chi connectivity index (χ1) is 21.2. The molecule has 2 aromatic heterocycles. The Morgan fingerprint density at radius 1 is 0.733 bits per heavy atom. The van der Waals surface area contributed by atoms with Crippen LogP contribution in [0.5, 0.6) is 5.75 Å². The van der Waals surface area contributed by atoms with E-state index in [9.17, 15) is 5.11 Å². The van der Waals surface area contributed by atoms with Crippen LogP contribution in [0.25, 0.3) is 61.3 Å². The Labute approximate surface area is 278 Å². The van der Waals surface area contributed by atoms with Gasteiger partial charge in [0.25, 0.3) is 0 Å². The van der Waals surface area contributed by atoms with E-state index in [1.807, 2.05) is 30.5 Å². The maximum absolute atomic E-state index is 10.9. The molecule has 1 N–H and O–H groups in total. The van der Waals surface area contributed by atoms with Crippen LogP contribution in [0.1, 0.15) is 37.5 Å². The third-order valence-corrected chi connectivity index (χ3v) is 8.59. The van der Waals surface area contributed by atoms with Gasteiger partial charge < -0.3 is 5.11 Å². The predicted octanol–water partition coefficient (Wildman–Crippen LogP) is 9.99. The summed E-state index contributed by atoms with van der Waals surface area (Å²) in [6.45, 7) is 11.0. The van der Waals surface area contributed by atoms with Gasteiger partial charge in [-0.15, -0.1) is 35.4 Å². The normalized spacial score (nSPS) is 11.6. The number of fused-ring (bicyclic) bond motifs is 2. The number of aromatic hydroxyl groups is 1. The second-order valence-corrected chi connectivity index (χ2v) is 12.5. The smallest absolute Gasteiger partial charge is 0.148 e. The molecular weight excluding hydrogens is 734 g/mol. The van der Waals surface area contributed by atoms with Crippen LogP contribution < -0.4 is 0 Å². The van der Waals surface area contributed by atoms with E-state index < -0.39 is 0 Å². The van der Waals surface area contributed by atoms with E-state index in [1.165, 1.54) is 16.7 Å². The summed E-state index contributed by atoms with van der Waals surface area (Å²) in [7, 11) is 0. The zero-order valence-corrected chi connectivity index (χ0v) is 28.3. The van der Waals surface area contributed by atoms with Gasteiger partial charge in [-0.3, -0.25) is 9.55 Å². The van der Waals surface area contributed by atoms with Gasteiger partial charge in [0.05, 0.1) is 16.6 Å². The standard InChI is InChI=1S/C40H34N3O.Pt/c1-25-23-29-13-10-22-41-37(29)36(26(25)2)28-12-8-11-27(24-28)32-15-9-16-34-38(32)42-39(33-14-6-7-17-35(33)44)43(34)31-20-18-30(19-21-31)40(3,4)5;/h6-23,44H,1-5H3;/q-1;. The van der Waals surface area contributed by atoms with E-state index in [4.69, 9.17) is 9.97 Å². The summed E-state index contributed by atoms with van der Waals surface area (Å²) in [6.07, 6.45) is 1.85. The van der Waals surface area contributed by atoms with Gasteiger partial charge in [-0.2, -0.15) is 0 Å². The molecule has 2 heterocycles. The van der Waals surface area contributed by atoms with E-state index >= 15 is 0 Å². The molecule has 7 aromatic rings. The number of hydrogen-bond donors (Lipinski definition) is 1. The van der Waals surface area contributed by atoms with Crippen LogP contribution in [-0.2, 0) is 26.5 Å². The van der Waals surface area contributed by atoms with Crippen LogP contribution in [0.15, 0.2) is 109 Å². The molecule has 0 aliphatic carbocycles. The molecule has 0 saturated heterocycles. The Kier molecular flexibility index (Phi) is 7.97. The van der Waals surface area contributed by atoms with Gasteiger partial charge in [-0.05, 0) is 66.6 Å². The summed E-state index contributed by atoms with van der Waals surface area (Å²) in [5, 5.41) is 12.0. The maximum atomic E-state index is 10.9. The third-order valence-electron chi connectivity index (χ3n) is 8.59. The summed E-state index contributed by atoms with van der Waals surface area (Å²) in [5.41, 5.74) is 12.2. The molecule has 4 nitrogen and oxygen atoms in total. The summed E-state index contributed by atoms with van der Waals surface area (Å²) < 4.78 is 2.15. The number of phenolic OH excluding ortho intramolecular Hbond substituents is 1. The molecule has 0 aliphatic heterocycles. The second-order valence-electron chi connectivity index (χ2n) is 12.5. The van der Waals surface area contributed by atoms with Crippen molar-refractivity contribution in [1.29, 1.82) is 0 Å². The Balaban J connectivity index is 0.00000357. The van der Waals surface area contributed by atoms with Gasteiger partial charge >= 0.3 is 0 Å². The third kappa shape index (κ3) is 5.38. The molecule has 0 fully saturated rings. The summed E-state index contributed by atoms with van der Waals surface area (Å²) in [5.74, 6) is 0.884. The van der Waals surface area contributed by atoms with E-state index in [0.29, 0.717) is 11.4 Å². The van der Waals surface area contributed by atoms with Gasteiger partial charge in [-0.1, -0.05) is 91.6 Å². The van der Waals surface area contributed by atoms with Crippen molar-refractivity contribution in [2.24, 2.45) is 0 Å². The number of rotatable bonds is 4. The van der Waals surface area contributed by atoms with E-state index in [-0.39, 0.29) is 32.2 Å². The number of nitrogens with zero attached hydrogens (tertiary/aromatic N) is 3.